The van der Waals surface area contributed by atoms with E-state index in [1.165, 1.54) is 6.20 Å². The number of hydrogen-bond acceptors (Lipinski definition) is 1. The smallest absolute Gasteiger partial charge is 0.227 e. The number of hydrogen-bond donors (Lipinski definition) is 0. The van der Waals surface area contributed by atoms with Gasteiger partial charge in [-0.05, 0) is 28.7 Å². The average Bonchev–Trinajstić information content (AvgIpc) is 1.94. The monoisotopic (exact) mass is 273 g/mol. The maximum atomic E-state index is 12.4. The third kappa shape index (κ3) is 2.05. The van der Waals surface area contributed by atoms with Crippen molar-refractivity contribution in [1.29, 1.82) is 0 Å². The van der Waals surface area contributed by atoms with E-state index in [9.17, 15) is 13.2 Å². The highest BCUT2D eigenvalue weighted by molar-refractivity contribution is 14.1. The zero-order valence-corrected chi connectivity index (χ0v) is 7.35. The molecule has 0 N–H and O–H groups in total. The van der Waals surface area contributed by atoms with E-state index < -0.39 is 17.9 Å². The Hall–Kier alpha value is -0.330. The molecule has 1 aromatic heterocycles. The summed E-state index contributed by atoms with van der Waals surface area (Å²) in [5.74, 6) is -1.10. The Morgan fingerprint density at radius 3 is 2.55 bits per heavy atom. The first-order chi connectivity index (χ1) is 5.11. The van der Waals surface area contributed by atoms with Crippen molar-refractivity contribution in [1.82, 2.24) is 4.98 Å². The van der Waals surface area contributed by atoms with E-state index >= 15 is 0 Å². The fourth-order valence-corrected chi connectivity index (χ4v) is 1.07. The zero-order valence-electron chi connectivity index (χ0n) is 5.19. The minimum Gasteiger partial charge on any atom is -0.227 e. The highest BCUT2D eigenvalue weighted by Gasteiger charge is 2.13. The Kier molecular flexibility index (Phi) is 2.69. The summed E-state index contributed by atoms with van der Waals surface area (Å²) >= 11 is 1.79. The standard InChI is InChI=1S/C6H3F3IN/c7-5(8)4-1-3(10)2-11-6(4)9/h1-2,5H. The molecule has 1 nitrogen and oxygen atoms in total. The lowest BCUT2D eigenvalue weighted by atomic mass is 10.3. The Labute approximate surface area is 74.8 Å². The quantitative estimate of drug-likeness (QED) is 0.566. The van der Waals surface area contributed by atoms with Gasteiger partial charge in [-0.2, -0.15) is 4.39 Å². The first-order valence-corrected chi connectivity index (χ1v) is 3.78. The summed E-state index contributed by atoms with van der Waals surface area (Å²) < 4.78 is 36.8. The van der Waals surface area contributed by atoms with Gasteiger partial charge in [0.25, 0.3) is 6.43 Å². The number of aromatic nitrogens is 1. The molecular formula is C6H3F3IN. The second-order valence-corrected chi connectivity index (χ2v) is 3.08. The van der Waals surface area contributed by atoms with Gasteiger partial charge in [0.2, 0.25) is 5.95 Å². The highest BCUT2D eigenvalue weighted by atomic mass is 127. The SMILES string of the molecule is Fc1ncc(I)cc1C(F)F. The molecule has 0 amide bonds. The molecular weight excluding hydrogens is 270 g/mol. The van der Waals surface area contributed by atoms with Gasteiger partial charge in [-0.1, -0.05) is 0 Å². The molecule has 0 radical (unpaired) electrons. The fraction of sp³-hybridized carbons (Fsp3) is 0.167. The highest BCUT2D eigenvalue weighted by Crippen LogP contribution is 2.21. The van der Waals surface area contributed by atoms with E-state index in [-0.39, 0.29) is 0 Å². The summed E-state index contributed by atoms with van der Waals surface area (Å²) in [5, 5.41) is 0. The minimum atomic E-state index is -2.79. The normalized spacial score (nSPS) is 10.6. The van der Waals surface area contributed by atoms with Crippen molar-refractivity contribution in [2.75, 3.05) is 0 Å². The fourth-order valence-electron chi connectivity index (χ4n) is 0.591. The predicted octanol–water partition coefficient (Wildman–Crippen LogP) is 2.76. The van der Waals surface area contributed by atoms with Crippen LogP contribution in [0.1, 0.15) is 12.0 Å². The molecule has 1 heterocycles. The van der Waals surface area contributed by atoms with Crippen LogP contribution in [0.4, 0.5) is 13.2 Å². The number of nitrogens with zero attached hydrogens (tertiary/aromatic N) is 1. The Morgan fingerprint density at radius 1 is 1.45 bits per heavy atom. The molecule has 5 heteroatoms. The van der Waals surface area contributed by atoms with Gasteiger partial charge in [0.05, 0.1) is 5.56 Å². The van der Waals surface area contributed by atoms with E-state index in [2.05, 4.69) is 4.98 Å². The van der Waals surface area contributed by atoms with Crippen molar-refractivity contribution in [3.05, 3.63) is 27.3 Å². The van der Waals surface area contributed by atoms with Crippen LogP contribution in [0.5, 0.6) is 0 Å². The van der Waals surface area contributed by atoms with E-state index in [0.29, 0.717) is 3.57 Å². The molecule has 0 spiro atoms. The third-order valence-corrected chi connectivity index (χ3v) is 1.66. The summed E-state index contributed by atoms with van der Waals surface area (Å²) in [5.41, 5.74) is -0.642. The maximum Gasteiger partial charge on any atom is 0.268 e. The number of alkyl halides is 2. The number of pyridine rings is 1. The van der Waals surface area contributed by atoms with Crippen LogP contribution in [0.2, 0.25) is 0 Å². The lowest BCUT2D eigenvalue weighted by Crippen LogP contribution is -1.94. The third-order valence-electron chi connectivity index (χ3n) is 1.07. The molecule has 0 bridgehead atoms. The summed E-state index contributed by atoms with van der Waals surface area (Å²) in [7, 11) is 0. The summed E-state index contributed by atoms with van der Waals surface area (Å²) in [6.07, 6.45) is -1.60. The molecule has 0 atom stereocenters. The first kappa shape index (κ1) is 8.76. The largest absolute Gasteiger partial charge is 0.268 e. The molecule has 0 saturated carbocycles. The molecule has 1 rings (SSSR count). The van der Waals surface area contributed by atoms with Gasteiger partial charge >= 0.3 is 0 Å². The molecule has 0 unspecified atom stereocenters. The van der Waals surface area contributed by atoms with Gasteiger partial charge in [0.15, 0.2) is 0 Å². The zero-order chi connectivity index (χ0) is 8.43. The van der Waals surface area contributed by atoms with Crippen LogP contribution < -0.4 is 0 Å². The topological polar surface area (TPSA) is 12.9 Å². The van der Waals surface area contributed by atoms with Crippen molar-refractivity contribution >= 4 is 22.6 Å². The molecule has 0 aliphatic heterocycles. The van der Waals surface area contributed by atoms with Crippen LogP contribution in [0.15, 0.2) is 12.3 Å². The Balaban J connectivity index is 3.13. The van der Waals surface area contributed by atoms with Crippen molar-refractivity contribution in [2.45, 2.75) is 6.43 Å². The molecule has 0 saturated heterocycles. The first-order valence-electron chi connectivity index (χ1n) is 2.70. The van der Waals surface area contributed by atoms with E-state index in [0.717, 1.165) is 6.07 Å². The predicted molar refractivity (Wildman–Crippen MR) is 41.9 cm³/mol. The van der Waals surface area contributed by atoms with Gasteiger partial charge in [-0.25, -0.2) is 13.8 Å². The second kappa shape index (κ2) is 3.38. The van der Waals surface area contributed by atoms with Crippen LogP contribution in [-0.4, -0.2) is 4.98 Å². The molecule has 0 aromatic carbocycles. The van der Waals surface area contributed by atoms with E-state index in [1.54, 1.807) is 22.6 Å². The molecule has 0 fully saturated rings. The lowest BCUT2D eigenvalue weighted by molar-refractivity contribution is 0.145. The maximum absolute atomic E-state index is 12.4. The van der Waals surface area contributed by atoms with Crippen LogP contribution >= 0.6 is 22.6 Å². The number of rotatable bonds is 1. The lowest BCUT2D eigenvalue weighted by Gasteiger charge is -1.99. The molecule has 11 heavy (non-hydrogen) atoms. The van der Waals surface area contributed by atoms with Crippen molar-refractivity contribution in [2.24, 2.45) is 0 Å². The van der Waals surface area contributed by atoms with Gasteiger partial charge < -0.3 is 0 Å². The molecule has 0 aliphatic carbocycles. The van der Waals surface area contributed by atoms with Gasteiger partial charge in [-0.15, -0.1) is 0 Å². The molecule has 1 aromatic rings. The Morgan fingerprint density at radius 2 is 2.09 bits per heavy atom. The Bertz CT molecular complexity index is 264. The molecule has 60 valence electrons. The summed E-state index contributed by atoms with van der Waals surface area (Å²) in [6.45, 7) is 0. The van der Waals surface area contributed by atoms with Crippen LogP contribution in [-0.2, 0) is 0 Å². The average molecular weight is 273 g/mol. The van der Waals surface area contributed by atoms with Crippen molar-refractivity contribution < 1.29 is 13.2 Å². The summed E-state index contributed by atoms with van der Waals surface area (Å²) in [4.78, 5) is 3.15. The minimum absolute atomic E-state index is 0.499. The van der Waals surface area contributed by atoms with Crippen LogP contribution in [0.25, 0.3) is 0 Å². The van der Waals surface area contributed by atoms with E-state index in [4.69, 9.17) is 0 Å². The van der Waals surface area contributed by atoms with Crippen LogP contribution in [0.3, 0.4) is 0 Å². The van der Waals surface area contributed by atoms with Gasteiger partial charge in [-0.3, -0.25) is 0 Å². The summed E-state index contributed by atoms with van der Waals surface area (Å²) in [6, 6.07) is 1.08. The molecule has 0 aliphatic rings. The van der Waals surface area contributed by atoms with Crippen molar-refractivity contribution in [3.63, 3.8) is 0 Å². The van der Waals surface area contributed by atoms with Crippen LogP contribution in [0, 0.1) is 9.52 Å². The van der Waals surface area contributed by atoms with Gasteiger partial charge in [0, 0.05) is 9.77 Å². The second-order valence-electron chi connectivity index (χ2n) is 1.83. The van der Waals surface area contributed by atoms with E-state index in [1.807, 2.05) is 0 Å². The number of halogens is 4. The van der Waals surface area contributed by atoms with Crippen molar-refractivity contribution in [3.8, 4) is 0 Å². The van der Waals surface area contributed by atoms with Gasteiger partial charge in [0.1, 0.15) is 0 Å².